The number of rotatable bonds is 0. The zero-order valence-corrected chi connectivity index (χ0v) is 6.43. The first kappa shape index (κ1) is 6.80. The van der Waals surface area contributed by atoms with Gasteiger partial charge >= 0.3 is 0 Å². The van der Waals surface area contributed by atoms with Crippen LogP contribution in [-0.4, -0.2) is 18.3 Å². The molecule has 1 atom stereocenters. The Hall–Kier alpha value is -0.890. The summed E-state index contributed by atoms with van der Waals surface area (Å²) >= 11 is 0. The van der Waals surface area contributed by atoms with E-state index in [1.165, 1.54) is 5.57 Å². The fourth-order valence-corrected chi connectivity index (χ4v) is 1.62. The summed E-state index contributed by atoms with van der Waals surface area (Å²) in [6, 6.07) is 0.432. The lowest BCUT2D eigenvalue weighted by molar-refractivity contribution is 0.568. The number of allylic oxidation sites excluding steroid dienone is 1. The van der Waals surface area contributed by atoms with E-state index in [0.29, 0.717) is 6.04 Å². The first-order valence-electron chi connectivity index (χ1n) is 4.05. The second kappa shape index (κ2) is 2.62. The van der Waals surface area contributed by atoms with Gasteiger partial charge in [-0.1, -0.05) is 12.2 Å². The van der Waals surface area contributed by atoms with E-state index < -0.39 is 0 Å². The minimum atomic E-state index is 0.432. The fraction of sp³-hybridized carbons (Fsp3) is 0.444. The smallest absolute Gasteiger partial charge is 0.0372 e. The lowest BCUT2D eigenvalue weighted by Gasteiger charge is -2.26. The van der Waals surface area contributed by atoms with Crippen LogP contribution >= 0.6 is 0 Å². The SMILES string of the molecule is N=C1C=CC2=CCCNC2C1. The molecule has 0 saturated heterocycles. The molecule has 0 aromatic carbocycles. The van der Waals surface area contributed by atoms with Gasteiger partial charge in [-0.05, 0) is 24.6 Å². The molecule has 0 aromatic rings. The highest BCUT2D eigenvalue weighted by Crippen LogP contribution is 2.18. The molecule has 2 heteroatoms. The Labute approximate surface area is 66.5 Å². The molecule has 1 aliphatic heterocycles. The summed E-state index contributed by atoms with van der Waals surface area (Å²) in [6.45, 7) is 1.06. The summed E-state index contributed by atoms with van der Waals surface area (Å²) in [5.41, 5.74) is 2.11. The van der Waals surface area contributed by atoms with Gasteiger partial charge in [-0.2, -0.15) is 0 Å². The van der Waals surface area contributed by atoms with E-state index in [4.69, 9.17) is 5.41 Å². The van der Waals surface area contributed by atoms with Crippen molar-refractivity contribution >= 4 is 5.71 Å². The first-order chi connectivity index (χ1) is 5.36. The van der Waals surface area contributed by atoms with Crippen molar-refractivity contribution in [2.24, 2.45) is 0 Å². The van der Waals surface area contributed by atoms with Gasteiger partial charge in [0.15, 0.2) is 0 Å². The van der Waals surface area contributed by atoms with Crippen LogP contribution in [0.25, 0.3) is 0 Å². The maximum atomic E-state index is 7.46. The third-order valence-electron chi connectivity index (χ3n) is 2.22. The molecule has 11 heavy (non-hydrogen) atoms. The molecule has 1 heterocycles. The van der Waals surface area contributed by atoms with Crippen molar-refractivity contribution in [3.63, 3.8) is 0 Å². The van der Waals surface area contributed by atoms with Gasteiger partial charge in [-0.15, -0.1) is 0 Å². The Morgan fingerprint density at radius 3 is 3.27 bits per heavy atom. The Morgan fingerprint density at radius 2 is 2.36 bits per heavy atom. The van der Waals surface area contributed by atoms with Gasteiger partial charge in [0.2, 0.25) is 0 Å². The maximum Gasteiger partial charge on any atom is 0.0372 e. The average Bonchev–Trinajstić information content (AvgIpc) is 2.04. The number of hydrogen-bond donors (Lipinski definition) is 2. The minimum absolute atomic E-state index is 0.432. The van der Waals surface area contributed by atoms with Gasteiger partial charge in [0.1, 0.15) is 0 Å². The Bertz CT molecular complexity index is 235. The second-order valence-corrected chi connectivity index (χ2v) is 3.06. The van der Waals surface area contributed by atoms with Gasteiger partial charge in [-0.25, -0.2) is 0 Å². The van der Waals surface area contributed by atoms with E-state index in [0.717, 1.165) is 25.1 Å². The van der Waals surface area contributed by atoms with E-state index in [9.17, 15) is 0 Å². The summed E-state index contributed by atoms with van der Waals surface area (Å²) in [4.78, 5) is 0. The highest BCUT2D eigenvalue weighted by atomic mass is 14.9. The molecule has 0 saturated carbocycles. The van der Waals surface area contributed by atoms with Crippen molar-refractivity contribution in [2.45, 2.75) is 18.9 Å². The molecule has 58 valence electrons. The van der Waals surface area contributed by atoms with Crippen LogP contribution in [0, 0.1) is 5.41 Å². The van der Waals surface area contributed by atoms with Crippen molar-refractivity contribution in [1.29, 1.82) is 5.41 Å². The lowest BCUT2D eigenvalue weighted by Crippen LogP contribution is -2.37. The normalized spacial score (nSPS) is 29.6. The highest BCUT2D eigenvalue weighted by molar-refractivity contribution is 5.94. The molecule has 0 spiro atoms. The molecular formula is C9H12N2. The van der Waals surface area contributed by atoms with E-state index in [1.54, 1.807) is 0 Å². The van der Waals surface area contributed by atoms with Crippen molar-refractivity contribution in [2.75, 3.05) is 6.54 Å². The van der Waals surface area contributed by atoms with Crippen LogP contribution < -0.4 is 5.32 Å². The fourth-order valence-electron chi connectivity index (χ4n) is 1.62. The standard InChI is InChI=1S/C9H12N2/c10-8-4-3-7-2-1-5-11-9(7)6-8/h2-4,9-11H,1,5-6H2. The topological polar surface area (TPSA) is 35.9 Å². The van der Waals surface area contributed by atoms with Crippen molar-refractivity contribution in [3.05, 3.63) is 23.8 Å². The molecule has 2 nitrogen and oxygen atoms in total. The molecule has 0 fully saturated rings. The molecule has 2 rings (SSSR count). The quantitative estimate of drug-likeness (QED) is 0.533. The summed E-state index contributed by atoms with van der Waals surface area (Å²) in [5, 5.41) is 10.8. The van der Waals surface area contributed by atoms with Crippen molar-refractivity contribution < 1.29 is 0 Å². The predicted octanol–water partition coefficient (Wildman–Crippen LogP) is 1.25. The third-order valence-corrected chi connectivity index (χ3v) is 2.22. The Kier molecular flexibility index (Phi) is 1.62. The van der Waals surface area contributed by atoms with Crippen LogP contribution in [0.2, 0.25) is 0 Å². The molecular weight excluding hydrogens is 136 g/mol. The average molecular weight is 148 g/mol. The van der Waals surface area contributed by atoms with Gasteiger partial charge in [0.05, 0.1) is 0 Å². The van der Waals surface area contributed by atoms with E-state index in [-0.39, 0.29) is 0 Å². The van der Waals surface area contributed by atoms with Crippen LogP contribution in [-0.2, 0) is 0 Å². The van der Waals surface area contributed by atoms with Crippen molar-refractivity contribution in [3.8, 4) is 0 Å². The minimum Gasteiger partial charge on any atom is -0.309 e. The van der Waals surface area contributed by atoms with Crippen LogP contribution in [0.4, 0.5) is 0 Å². The Balaban J connectivity index is 2.26. The maximum absolute atomic E-state index is 7.46. The summed E-state index contributed by atoms with van der Waals surface area (Å²) in [7, 11) is 0. The summed E-state index contributed by atoms with van der Waals surface area (Å²) < 4.78 is 0. The molecule has 2 N–H and O–H groups in total. The van der Waals surface area contributed by atoms with Crippen LogP contribution in [0.5, 0.6) is 0 Å². The molecule has 1 unspecified atom stereocenters. The monoisotopic (exact) mass is 148 g/mol. The van der Waals surface area contributed by atoms with E-state index in [1.807, 2.05) is 6.08 Å². The lowest BCUT2D eigenvalue weighted by atomic mass is 9.92. The number of fused-ring (bicyclic) bond motifs is 1. The highest BCUT2D eigenvalue weighted by Gasteiger charge is 2.18. The number of nitrogens with one attached hydrogen (secondary N) is 2. The molecule has 0 bridgehead atoms. The molecule has 0 amide bonds. The molecule has 0 radical (unpaired) electrons. The number of hydrogen-bond acceptors (Lipinski definition) is 2. The zero-order valence-electron chi connectivity index (χ0n) is 6.43. The zero-order chi connectivity index (χ0) is 7.68. The van der Waals surface area contributed by atoms with Crippen LogP contribution in [0.1, 0.15) is 12.8 Å². The third kappa shape index (κ3) is 1.26. The first-order valence-corrected chi connectivity index (χ1v) is 4.05. The van der Waals surface area contributed by atoms with E-state index in [2.05, 4.69) is 17.5 Å². The van der Waals surface area contributed by atoms with Crippen molar-refractivity contribution in [1.82, 2.24) is 5.32 Å². The molecule has 0 aromatic heterocycles. The Morgan fingerprint density at radius 1 is 1.45 bits per heavy atom. The molecule has 1 aliphatic carbocycles. The second-order valence-electron chi connectivity index (χ2n) is 3.06. The summed E-state index contributed by atoms with van der Waals surface area (Å²) in [5.74, 6) is 0. The summed E-state index contributed by atoms with van der Waals surface area (Å²) in [6.07, 6.45) is 8.22. The van der Waals surface area contributed by atoms with Gasteiger partial charge in [0.25, 0.3) is 0 Å². The predicted molar refractivity (Wildman–Crippen MR) is 46.0 cm³/mol. The van der Waals surface area contributed by atoms with Gasteiger partial charge in [-0.3, -0.25) is 0 Å². The van der Waals surface area contributed by atoms with Gasteiger partial charge in [0, 0.05) is 18.2 Å². The van der Waals surface area contributed by atoms with Crippen LogP contribution in [0.3, 0.4) is 0 Å². The molecule has 2 aliphatic rings. The largest absolute Gasteiger partial charge is 0.309 e. The van der Waals surface area contributed by atoms with E-state index >= 15 is 0 Å². The van der Waals surface area contributed by atoms with Gasteiger partial charge < -0.3 is 10.7 Å². The van der Waals surface area contributed by atoms with Crippen LogP contribution in [0.15, 0.2) is 23.8 Å².